The van der Waals surface area contributed by atoms with Crippen molar-refractivity contribution in [1.82, 2.24) is 4.90 Å². The van der Waals surface area contributed by atoms with Crippen LogP contribution in [-0.4, -0.2) is 36.3 Å². The molecule has 0 aromatic heterocycles. The van der Waals surface area contributed by atoms with Crippen molar-refractivity contribution in [3.05, 3.63) is 95.6 Å². The second kappa shape index (κ2) is 11.3. The van der Waals surface area contributed by atoms with Crippen LogP contribution in [0.1, 0.15) is 34.3 Å². The Morgan fingerprint density at radius 1 is 0.912 bits per heavy atom. The minimum Gasteiger partial charge on any atom is -0.308 e. The first kappa shape index (κ1) is 23.2. The van der Waals surface area contributed by atoms with E-state index >= 15 is 0 Å². The van der Waals surface area contributed by atoms with Gasteiger partial charge in [-0.05, 0) is 74.2 Å². The maximum absolute atomic E-state index is 13.1. The molecule has 0 bridgehead atoms. The van der Waals surface area contributed by atoms with Crippen LogP contribution in [0.25, 0.3) is 0 Å². The van der Waals surface area contributed by atoms with Gasteiger partial charge in [-0.3, -0.25) is 9.69 Å². The van der Waals surface area contributed by atoms with E-state index < -0.39 is 6.03 Å². The second-order valence-corrected chi connectivity index (χ2v) is 8.65. The normalized spacial score (nSPS) is 14.2. The lowest BCUT2D eigenvalue weighted by Crippen LogP contribution is -2.38. The van der Waals surface area contributed by atoms with Gasteiger partial charge in [0.05, 0.1) is 23.9 Å². The van der Waals surface area contributed by atoms with Gasteiger partial charge in [-0.25, -0.2) is 4.79 Å². The molecule has 2 amide bonds. The van der Waals surface area contributed by atoms with Gasteiger partial charge in [0.2, 0.25) is 0 Å². The zero-order chi connectivity index (χ0) is 23.8. The largest absolute Gasteiger partial charge is 0.323 e. The van der Waals surface area contributed by atoms with Crippen LogP contribution < -0.4 is 10.6 Å². The number of nitriles is 1. The Morgan fingerprint density at radius 2 is 1.65 bits per heavy atom. The number of piperidine rings is 1. The van der Waals surface area contributed by atoms with E-state index in [9.17, 15) is 9.59 Å². The molecule has 3 aromatic rings. The Morgan fingerprint density at radius 3 is 2.41 bits per heavy atom. The Balaban J connectivity index is 1.32. The smallest absolute Gasteiger partial charge is 0.308 e. The number of hydrogen-bond donors (Lipinski definition) is 2. The van der Waals surface area contributed by atoms with Crippen LogP contribution in [0.5, 0.6) is 0 Å². The molecule has 0 radical (unpaired) electrons. The Kier molecular flexibility index (Phi) is 7.69. The molecule has 172 valence electrons. The predicted molar refractivity (Wildman–Crippen MR) is 134 cm³/mol. The van der Waals surface area contributed by atoms with E-state index in [1.165, 1.54) is 5.56 Å². The first-order valence-electron chi connectivity index (χ1n) is 11.6. The number of hydrogen-bond acceptors (Lipinski definition) is 4. The molecule has 1 fully saturated rings. The molecule has 1 aliphatic rings. The Bertz CT molecular complexity index is 1180. The fourth-order valence-corrected chi connectivity index (χ4v) is 4.37. The number of carbonyl (C=O) groups excluding carboxylic acids is 2. The van der Waals surface area contributed by atoms with Gasteiger partial charge in [0.15, 0.2) is 5.78 Å². The first-order chi connectivity index (χ1) is 16.6. The van der Waals surface area contributed by atoms with Gasteiger partial charge in [-0.2, -0.15) is 5.26 Å². The maximum Gasteiger partial charge on any atom is 0.323 e. The van der Waals surface area contributed by atoms with Crippen molar-refractivity contribution >= 4 is 23.2 Å². The first-order valence-corrected chi connectivity index (χ1v) is 11.6. The lowest BCUT2D eigenvalue weighted by atomic mass is 9.90. The van der Waals surface area contributed by atoms with E-state index in [2.05, 4.69) is 39.8 Å². The number of Topliss-reactive ketones (excluding diaryl/α,β-unsaturated/α-hetero) is 1. The summed E-state index contributed by atoms with van der Waals surface area (Å²) in [5.74, 6) is 0.634. The Labute approximate surface area is 200 Å². The van der Waals surface area contributed by atoms with E-state index in [4.69, 9.17) is 5.26 Å². The van der Waals surface area contributed by atoms with E-state index in [1.807, 2.05) is 12.1 Å². The molecule has 4 rings (SSSR count). The quantitative estimate of drug-likeness (QED) is 0.474. The number of benzene rings is 3. The number of anilines is 2. The summed E-state index contributed by atoms with van der Waals surface area (Å²) in [7, 11) is 0. The lowest BCUT2D eigenvalue weighted by molar-refractivity contribution is 0.0896. The molecule has 1 heterocycles. The summed E-state index contributed by atoms with van der Waals surface area (Å²) in [6.07, 6.45) is 3.24. The molecule has 1 saturated heterocycles. The molecule has 6 heteroatoms. The molecule has 3 aromatic carbocycles. The number of ketones is 1. The van der Waals surface area contributed by atoms with E-state index in [0.717, 1.165) is 32.4 Å². The van der Waals surface area contributed by atoms with Gasteiger partial charge < -0.3 is 10.6 Å². The Hall–Kier alpha value is -3.95. The minimum atomic E-state index is -0.461. The van der Waals surface area contributed by atoms with Gasteiger partial charge in [0.1, 0.15) is 0 Å². The number of likely N-dealkylation sites (tertiary alicyclic amines) is 1. The van der Waals surface area contributed by atoms with Crippen molar-refractivity contribution in [2.75, 3.05) is 30.3 Å². The van der Waals surface area contributed by atoms with E-state index in [0.29, 0.717) is 35.0 Å². The minimum absolute atomic E-state index is 0.0103. The number of carbonyl (C=O) groups is 2. The number of amides is 2. The standard InChI is InChI=1S/C28H28N4O2/c29-19-23-9-6-10-24(18-23)30-28(34)31-26-12-5-4-11-25(26)27(33)20-32-15-13-22(14-16-32)17-21-7-2-1-3-8-21/h1-12,18,22H,13-17,20H2,(H2,30,31,34). The molecule has 0 spiro atoms. The van der Waals surface area contributed by atoms with Gasteiger partial charge in [-0.15, -0.1) is 0 Å². The molecule has 2 N–H and O–H groups in total. The molecule has 0 aliphatic carbocycles. The molecule has 0 saturated carbocycles. The topological polar surface area (TPSA) is 85.2 Å². The van der Waals surface area contributed by atoms with Crippen molar-refractivity contribution in [3.63, 3.8) is 0 Å². The number of nitrogens with one attached hydrogen (secondary N) is 2. The lowest BCUT2D eigenvalue weighted by Gasteiger charge is -2.31. The molecular weight excluding hydrogens is 424 g/mol. The number of nitrogens with zero attached hydrogens (tertiary/aromatic N) is 2. The third kappa shape index (κ3) is 6.31. The van der Waals surface area contributed by atoms with Crippen LogP contribution in [0.2, 0.25) is 0 Å². The molecule has 1 aliphatic heterocycles. The average Bonchev–Trinajstić information content (AvgIpc) is 2.86. The highest BCUT2D eigenvalue weighted by molar-refractivity contribution is 6.08. The average molecular weight is 453 g/mol. The van der Waals surface area contributed by atoms with Crippen molar-refractivity contribution in [3.8, 4) is 6.07 Å². The predicted octanol–water partition coefficient (Wildman–Crippen LogP) is 5.34. The van der Waals surface area contributed by atoms with E-state index in [-0.39, 0.29) is 5.78 Å². The van der Waals surface area contributed by atoms with Crippen LogP contribution in [-0.2, 0) is 6.42 Å². The zero-order valence-electron chi connectivity index (χ0n) is 19.0. The van der Waals surface area contributed by atoms with E-state index in [1.54, 1.807) is 48.5 Å². The highest BCUT2D eigenvalue weighted by Crippen LogP contribution is 2.23. The maximum atomic E-state index is 13.1. The van der Waals surface area contributed by atoms with Gasteiger partial charge in [0, 0.05) is 11.3 Å². The van der Waals surface area contributed by atoms with Crippen LogP contribution in [0.3, 0.4) is 0 Å². The second-order valence-electron chi connectivity index (χ2n) is 8.65. The summed E-state index contributed by atoms with van der Waals surface area (Å²) >= 11 is 0. The number of para-hydroxylation sites is 1. The van der Waals surface area contributed by atoms with Gasteiger partial charge in [-0.1, -0.05) is 48.5 Å². The summed E-state index contributed by atoms with van der Waals surface area (Å²) < 4.78 is 0. The number of urea groups is 1. The molecule has 6 nitrogen and oxygen atoms in total. The third-order valence-corrected chi connectivity index (χ3v) is 6.17. The third-order valence-electron chi connectivity index (χ3n) is 6.17. The summed E-state index contributed by atoms with van der Waals surface area (Å²) in [4.78, 5) is 27.8. The monoisotopic (exact) mass is 452 g/mol. The summed E-state index contributed by atoms with van der Waals surface area (Å²) in [5, 5.41) is 14.5. The highest BCUT2D eigenvalue weighted by Gasteiger charge is 2.22. The SMILES string of the molecule is N#Cc1cccc(NC(=O)Nc2ccccc2C(=O)CN2CCC(Cc3ccccc3)CC2)c1. The molecule has 0 atom stereocenters. The van der Waals surface area contributed by atoms with Crippen LogP contribution in [0.15, 0.2) is 78.9 Å². The van der Waals surface area contributed by atoms with Crippen LogP contribution in [0.4, 0.5) is 16.2 Å². The fourth-order valence-electron chi connectivity index (χ4n) is 4.37. The summed E-state index contributed by atoms with van der Waals surface area (Å²) in [6.45, 7) is 2.13. The van der Waals surface area contributed by atoms with Gasteiger partial charge in [0.25, 0.3) is 0 Å². The fraction of sp³-hybridized carbons (Fsp3) is 0.250. The van der Waals surface area contributed by atoms with Crippen molar-refractivity contribution < 1.29 is 9.59 Å². The van der Waals surface area contributed by atoms with Crippen molar-refractivity contribution in [2.45, 2.75) is 19.3 Å². The zero-order valence-corrected chi connectivity index (χ0v) is 19.0. The van der Waals surface area contributed by atoms with Crippen LogP contribution in [0, 0.1) is 17.2 Å². The van der Waals surface area contributed by atoms with Crippen molar-refractivity contribution in [2.24, 2.45) is 5.92 Å². The highest BCUT2D eigenvalue weighted by atomic mass is 16.2. The van der Waals surface area contributed by atoms with Crippen LogP contribution >= 0.6 is 0 Å². The molecule has 34 heavy (non-hydrogen) atoms. The van der Waals surface area contributed by atoms with Gasteiger partial charge >= 0.3 is 6.03 Å². The molecule has 0 unspecified atom stereocenters. The molecular formula is C28H28N4O2. The number of rotatable bonds is 7. The summed E-state index contributed by atoms with van der Waals surface area (Å²) in [6, 6.07) is 25.9. The van der Waals surface area contributed by atoms with Crippen molar-refractivity contribution in [1.29, 1.82) is 5.26 Å². The summed E-state index contributed by atoms with van der Waals surface area (Å²) in [5.41, 5.74) is 3.31.